The summed E-state index contributed by atoms with van der Waals surface area (Å²) >= 11 is 6.30. The quantitative estimate of drug-likeness (QED) is 0.536. The van der Waals surface area contributed by atoms with Gasteiger partial charge in [-0.2, -0.15) is 4.98 Å². The monoisotopic (exact) mass is 369 g/mol. The second-order valence-corrected chi connectivity index (χ2v) is 6.49. The van der Waals surface area contributed by atoms with Crippen molar-refractivity contribution in [2.45, 2.75) is 26.9 Å². The molecule has 0 radical (unpaired) electrons. The molecule has 0 saturated carbocycles. The summed E-state index contributed by atoms with van der Waals surface area (Å²) in [6.45, 7) is 5.79. The minimum Gasteiger partial charge on any atom is -0.489 e. The SMILES string of the molecule is Cc1nc2cnccn2c1-c1nc(-c2ccc(OC(C)C)c(Cl)c2)no1. The molecule has 0 aliphatic carbocycles. The van der Waals surface area contributed by atoms with Gasteiger partial charge in [-0.1, -0.05) is 16.8 Å². The number of benzene rings is 1. The van der Waals surface area contributed by atoms with Gasteiger partial charge in [-0.05, 0) is 39.0 Å². The predicted octanol–water partition coefficient (Wildman–Crippen LogP) is 4.20. The van der Waals surface area contributed by atoms with E-state index in [4.69, 9.17) is 20.9 Å². The molecule has 0 spiro atoms. The van der Waals surface area contributed by atoms with Crippen LogP contribution in [0.15, 0.2) is 41.3 Å². The summed E-state index contributed by atoms with van der Waals surface area (Å²) in [5.74, 6) is 1.45. The normalized spacial score (nSPS) is 11.4. The fourth-order valence-corrected chi connectivity index (χ4v) is 2.93. The zero-order chi connectivity index (χ0) is 18.3. The highest BCUT2D eigenvalue weighted by atomic mass is 35.5. The number of rotatable bonds is 4. The Morgan fingerprint density at radius 3 is 2.85 bits per heavy atom. The van der Waals surface area contributed by atoms with Crippen LogP contribution in [0.25, 0.3) is 28.6 Å². The van der Waals surface area contributed by atoms with Gasteiger partial charge in [0.15, 0.2) is 5.65 Å². The minimum atomic E-state index is 0.0442. The van der Waals surface area contributed by atoms with Crippen molar-refractivity contribution in [3.8, 4) is 28.7 Å². The number of fused-ring (bicyclic) bond motifs is 1. The van der Waals surface area contributed by atoms with Gasteiger partial charge >= 0.3 is 0 Å². The summed E-state index contributed by atoms with van der Waals surface area (Å²) in [5.41, 5.74) is 2.99. The number of hydrogen-bond donors (Lipinski definition) is 0. The Morgan fingerprint density at radius 2 is 2.08 bits per heavy atom. The van der Waals surface area contributed by atoms with E-state index in [1.165, 1.54) is 0 Å². The molecule has 3 heterocycles. The maximum atomic E-state index is 6.30. The van der Waals surface area contributed by atoms with Gasteiger partial charge in [0.2, 0.25) is 5.82 Å². The van der Waals surface area contributed by atoms with Gasteiger partial charge < -0.3 is 9.26 Å². The standard InChI is InChI=1S/C18H16ClN5O2/c1-10(2)25-14-5-4-12(8-13(14)19)17-22-18(26-23-17)16-11(3)21-15-9-20-6-7-24(15)16/h4-10H,1-3H3. The summed E-state index contributed by atoms with van der Waals surface area (Å²) in [4.78, 5) is 13.0. The molecule has 0 aliphatic rings. The van der Waals surface area contributed by atoms with Gasteiger partial charge in [0.25, 0.3) is 5.89 Å². The first-order valence-corrected chi connectivity index (χ1v) is 8.50. The summed E-state index contributed by atoms with van der Waals surface area (Å²) in [7, 11) is 0. The van der Waals surface area contributed by atoms with Crippen LogP contribution in [0.5, 0.6) is 5.75 Å². The molecule has 0 aliphatic heterocycles. The molecule has 3 aromatic heterocycles. The number of aromatic nitrogens is 5. The van der Waals surface area contributed by atoms with Crippen LogP contribution >= 0.6 is 11.6 Å². The highest BCUT2D eigenvalue weighted by Gasteiger charge is 2.18. The summed E-state index contributed by atoms with van der Waals surface area (Å²) in [5, 5.41) is 4.58. The summed E-state index contributed by atoms with van der Waals surface area (Å²) in [6, 6.07) is 5.42. The third-order valence-electron chi connectivity index (χ3n) is 3.79. The van der Waals surface area contributed by atoms with Crippen LogP contribution in [0.4, 0.5) is 0 Å². The lowest BCUT2D eigenvalue weighted by Crippen LogP contribution is -2.05. The number of aryl methyl sites for hydroxylation is 1. The topological polar surface area (TPSA) is 78.3 Å². The maximum absolute atomic E-state index is 6.30. The van der Waals surface area contributed by atoms with E-state index < -0.39 is 0 Å². The van der Waals surface area contributed by atoms with Crippen LogP contribution in [0.3, 0.4) is 0 Å². The van der Waals surface area contributed by atoms with Crippen molar-refractivity contribution in [3.63, 3.8) is 0 Å². The van der Waals surface area contributed by atoms with Crippen LogP contribution in [-0.2, 0) is 0 Å². The van der Waals surface area contributed by atoms with Crippen molar-refractivity contribution in [2.24, 2.45) is 0 Å². The smallest absolute Gasteiger partial charge is 0.277 e. The molecule has 132 valence electrons. The van der Waals surface area contributed by atoms with Crippen LogP contribution in [-0.4, -0.2) is 30.6 Å². The molecule has 8 heteroatoms. The molecule has 7 nitrogen and oxygen atoms in total. The molecule has 4 aromatic rings. The molecule has 1 aromatic carbocycles. The highest BCUT2D eigenvalue weighted by Crippen LogP contribution is 2.31. The third kappa shape index (κ3) is 2.90. The molecule has 26 heavy (non-hydrogen) atoms. The Morgan fingerprint density at radius 1 is 1.23 bits per heavy atom. The highest BCUT2D eigenvalue weighted by molar-refractivity contribution is 6.32. The Bertz CT molecular complexity index is 1090. The third-order valence-corrected chi connectivity index (χ3v) is 4.08. The largest absolute Gasteiger partial charge is 0.489 e. The zero-order valence-corrected chi connectivity index (χ0v) is 15.2. The minimum absolute atomic E-state index is 0.0442. The Balaban J connectivity index is 1.72. The first kappa shape index (κ1) is 16.5. The Labute approximate surface area is 154 Å². The van der Waals surface area contributed by atoms with E-state index in [0.29, 0.717) is 22.5 Å². The first-order valence-electron chi connectivity index (χ1n) is 8.12. The number of nitrogens with zero attached hydrogens (tertiary/aromatic N) is 5. The molecule has 0 bridgehead atoms. The molecular weight excluding hydrogens is 354 g/mol. The van der Waals surface area contributed by atoms with Gasteiger partial charge in [-0.15, -0.1) is 0 Å². The van der Waals surface area contributed by atoms with E-state index in [2.05, 4.69) is 20.1 Å². The average molecular weight is 370 g/mol. The van der Waals surface area contributed by atoms with Crippen molar-refractivity contribution >= 4 is 17.2 Å². The lowest BCUT2D eigenvalue weighted by atomic mass is 10.2. The molecular formula is C18H16ClN5O2. The van der Waals surface area contributed by atoms with Crippen molar-refractivity contribution in [1.29, 1.82) is 0 Å². The average Bonchev–Trinajstić information content (AvgIpc) is 3.19. The summed E-state index contributed by atoms with van der Waals surface area (Å²) in [6.07, 6.45) is 5.22. The molecule has 4 rings (SSSR count). The second kappa shape index (κ2) is 6.42. The molecule has 0 N–H and O–H groups in total. The predicted molar refractivity (Wildman–Crippen MR) is 97.2 cm³/mol. The van der Waals surface area contributed by atoms with Crippen LogP contribution in [0.1, 0.15) is 19.5 Å². The van der Waals surface area contributed by atoms with Gasteiger partial charge in [0.1, 0.15) is 11.4 Å². The van der Waals surface area contributed by atoms with E-state index in [-0.39, 0.29) is 6.10 Å². The molecule has 0 saturated heterocycles. The van der Waals surface area contributed by atoms with Crippen LogP contribution < -0.4 is 4.74 Å². The van der Waals surface area contributed by atoms with Crippen LogP contribution in [0.2, 0.25) is 5.02 Å². The number of hydrogen-bond acceptors (Lipinski definition) is 6. The molecule has 0 unspecified atom stereocenters. The van der Waals surface area contributed by atoms with E-state index in [9.17, 15) is 0 Å². The van der Waals surface area contributed by atoms with Crippen molar-refractivity contribution < 1.29 is 9.26 Å². The zero-order valence-electron chi connectivity index (χ0n) is 14.5. The number of ether oxygens (including phenoxy) is 1. The van der Waals surface area contributed by atoms with E-state index in [1.54, 1.807) is 24.5 Å². The Kier molecular flexibility index (Phi) is 4.08. The lowest BCUT2D eigenvalue weighted by Gasteiger charge is -2.11. The van der Waals surface area contributed by atoms with E-state index >= 15 is 0 Å². The summed E-state index contributed by atoms with van der Waals surface area (Å²) < 4.78 is 13.0. The molecule has 0 amide bonds. The molecule has 0 atom stereocenters. The van der Waals surface area contributed by atoms with Gasteiger partial charge in [-0.25, -0.2) is 4.98 Å². The number of imidazole rings is 1. The second-order valence-electron chi connectivity index (χ2n) is 6.09. The van der Waals surface area contributed by atoms with Gasteiger partial charge in [0.05, 0.1) is 23.0 Å². The van der Waals surface area contributed by atoms with Crippen LogP contribution in [0, 0.1) is 6.92 Å². The van der Waals surface area contributed by atoms with Gasteiger partial charge in [-0.3, -0.25) is 9.38 Å². The van der Waals surface area contributed by atoms with E-state index in [0.717, 1.165) is 22.6 Å². The van der Waals surface area contributed by atoms with Crippen molar-refractivity contribution in [2.75, 3.05) is 0 Å². The van der Waals surface area contributed by atoms with E-state index in [1.807, 2.05) is 37.4 Å². The van der Waals surface area contributed by atoms with Crippen molar-refractivity contribution in [3.05, 3.63) is 47.5 Å². The maximum Gasteiger partial charge on any atom is 0.277 e. The number of halogens is 1. The Hall–Kier alpha value is -2.93. The first-order chi connectivity index (χ1) is 12.5. The molecule has 0 fully saturated rings. The fraction of sp³-hybridized carbons (Fsp3) is 0.222. The lowest BCUT2D eigenvalue weighted by molar-refractivity contribution is 0.242. The van der Waals surface area contributed by atoms with Gasteiger partial charge in [0, 0.05) is 18.0 Å². The van der Waals surface area contributed by atoms with Crippen molar-refractivity contribution in [1.82, 2.24) is 24.5 Å². The fourth-order valence-electron chi connectivity index (χ4n) is 2.71.